The Labute approximate surface area is 138 Å². The lowest BCUT2D eigenvalue weighted by molar-refractivity contribution is 0.0550. The van der Waals surface area contributed by atoms with Crippen molar-refractivity contribution in [2.75, 3.05) is 25.0 Å². The van der Waals surface area contributed by atoms with Crippen LogP contribution in [0.4, 0.5) is 5.69 Å². The molecule has 0 saturated carbocycles. The van der Waals surface area contributed by atoms with Crippen LogP contribution in [0.15, 0.2) is 18.2 Å². The molecule has 1 fully saturated rings. The van der Waals surface area contributed by atoms with Crippen molar-refractivity contribution < 1.29 is 9.90 Å². The monoisotopic (exact) mass is 316 g/mol. The first-order valence-electron chi connectivity index (χ1n) is 9.02. The number of nitrogens with one attached hydrogen (secondary N) is 1. The summed E-state index contributed by atoms with van der Waals surface area (Å²) in [6.07, 6.45) is 6.06. The number of rotatable bonds is 6. The van der Waals surface area contributed by atoms with Gasteiger partial charge >= 0.3 is 0 Å². The van der Waals surface area contributed by atoms with Gasteiger partial charge in [0.2, 0.25) is 0 Å². The Hall–Kier alpha value is -1.39. The number of aliphatic hydroxyl groups is 1. The van der Waals surface area contributed by atoms with Gasteiger partial charge in [0, 0.05) is 30.4 Å². The first-order chi connectivity index (χ1) is 11.2. The summed E-state index contributed by atoms with van der Waals surface area (Å²) in [5.41, 5.74) is 3.27. The van der Waals surface area contributed by atoms with Gasteiger partial charge in [-0.1, -0.05) is 13.3 Å². The zero-order chi connectivity index (χ0) is 16.2. The number of fused-ring (bicyclic) bond motifs is 1. The normalized spacial score (nSPS) is 22.4. The van der Waals surface area contributed by atoms with E-state index < -0.39 is 0 Å². The third-order valence-electron chi connectivity index (χ3n) is 5.32. The van der Waals surface area contributed by atoms with Crippen LogP contribution < -0.4 is 5.32 Å². The molecule has 126 valence electrons. The van der Waals surface area contributed by atoms with Crippen molar-refractivity contribution >= 4 is 11.5 Å². The molecule has 1 saturated heterocycles. The lowest BCUT2D eigenvalue weighted by atomic mass is 9.92. The molecule has 0 aliphatic carbocycles. The Bertz CT molecular complexity index is 556. The van der Waals surface area contributed by atoms with Gasteiger partial charge < -0.3 is 10.4 Å². The molecule has 2 aliphatic rings. The van der Waals surface area contributed by atoms with E-state index in [0.29, 0.717) is 6.04 Å². The maximum absolute atomic E-state index is 13.1. The lowest BCUT2D eigenvalue weighted by Crippen LogP contribution is -2.49. The minimum atomic E-state index is -0.0562. The molecule has 0 aromatic heterocycles. The summed E-state index contributed by atoms with van der Waals surface area (Å²) in [4.78, 5) is 15.5. The molecule has 2 heterocycles. The first kappa shape index (κ1) is 16.5. The Morgan fingerprint density at radius 3 is 3.09 bits per heavy atom. The van der Waals surface area contributed by atoms with E-state index in [2.05, 4.69) is 23.2 Å². The van der Waals surface area contributed by atoms with Gasteiger partial charge in [0.1, 0.15) is 0 Å². The van der Waals surface area contributed by atoms with Gasteiger partial charge in [-0.05, 0) is 62.4 Å². The van der Waals surface area contributed by atoms with Crippen LogP contribution in [0.5, 0.6) is 0 Å². The zero-order valence-corrected chi connectivity index (χ0v) is 14.1. The van der Waals surface area contributed by atoms with Crippen molar-refractivity contribution in [2.45, 2.75) is 57.5 Å². The first-order valence-corrected chi connectivity index (χ1v) is 9.02. The van der Waals surface area contributed by atoms with E-state index in [4.69, 9.17) is 0 Å². The number of aliphatic hydroxyl groups excluding tert-OH is 1. The third kappa shape index (κ3) is 3.43. The predicted molar refractivity (Wildman–Crippen MR) is 93.1 cm³/mol. The van der Waals surface area contributed by atoms with Crippen molar-refractivity contribution in [3.05, 3.63) is 29.3 Å². The fourth-order valence-corrected chi connectivity index (χ4v) is 4.11. The minimum absolute atomic E-state index is 0.0562. The Morgan fingerprint density at radius 1 is 1.43 bits per heavy atom. The summed E-state index contributed by atoms with van der Waals surface area (Å²) in [6, 6.07) is 6.38. The molecule has 2 N–H and O–H groups in total. The molecule has 2 atom stereocenters. The van der Waals surface area contributed by atoms with Crippen molar-refractivity contribution in [3.8, 4) is 0 Å². The number of ketones is 1. The molecule has 1 aromatic rings. The van der Waals surface area contributed by atoms with Crippen molar-refractivity contribution in [1.29, 1.82) is 0 Å². The quantitative estimate of drug-likeness (QED) is 0.793. The molecule has 23 heavy (non-hydrogen) atoms. The number of likely N-dealkylation sites (tertiary alicyclic amines) is 1. The summed E-state index contributed by atoms with van der Waals surface area (Å²) in [6.45, 7) is 4.24. The Kier molecular flexibility index (Phi) is 5.34. The summed E-state index contributed by atoms with van der Waals surface area (Å²) >= 11 is 0. The van der Waals surface area contributed by atoms with Crippen LogP contribution in [0, 0.1) is 0 Å². The summed E-state index contributed by atoms with van der Waals surface area (Å²) in [5.74, 6) is 0.243. The highest BCUT2D eigenvalue weighted by molar-refractivity contribution is 6.00. The molecular formula is C19H28N2O2. The third-order valence-corrected chi connectivity index (χ3v) is 5.32. The molecular weight excluding hydrogens is 288 g/mol. The molecule has 2 unspecified atom stereocenters. The lowest BCUT2D eigenvalue weighted by Gasteiger charge is -2.40. The van der Waals surface area contributed by atoms with Gasteiger partial charge in [0.05, 0.1) is 6.04 Å². The van der Waals surface area contributed by atoms with Gasteiger partial charge in [-0.3, -0.25) is 9.69 Å². The summed E-state index contributed by atoms with van der Waals surface area (Å²) < 4.78 is 0. The predicted octanol–water partition coefficient (Wildman–Crippen LogP) is 2.85. The molecule has 4 nitrogen and oxygen atoms in total. The number of benzene rings is 1. The molecule has 0 radical (unpaired) electrons. The molecule has 0 bridgehead atoms. The van der Waals surface area contributed by atoms with Crippen LogP contribution in [0.1, 0.15) is 54.9 Å². The Balaban J connectivity index is 1.80. The van der Waals surface area contributed by atoms with Gasteiger partial charge in [0.15, 0.2) is 5.78 Å². The molecule has 0 amide bonds. The second-order valence-corrected chi connectivity index (χ2v) is 6.74. The van der Waals surface area contributed by atoms with E-state index in [-0.39, 0.29) is 18.4 Å². The van der Waals surface area contributed by atoms with Crippen LogP contribution in [0.25, 0.3) is 0 Å². The van der Waals surface area contributed by atoms with E-state index in [1.165, 1.54) is 17.7 Å². The van der Waals surface area contributed by atoms with Crippen molar-refractivity contribution in [1.82, 2.24) is 4.90 Å². The van der Waals surface area contributed by atoms with Gasteiger partial charge in [-0.15, -0.1) is 0 Å². The van der Waals surface area contributed by atoms with Gasteiger partial charge in [0.25, 0.3) is 0 Å². The van der Waals surface area contributed by atoms with E-state index in [9.17, 15) is 9.90 Å². The summed E-state index contributed by atoms with van der Waals surface area (Å²) in [7, 11) is 0. The number of hydrogen-bond acceptors (Lipinski definition) is 4. The van der Waals surface area contributed by atoms with E-state index in [1.807, 2.05) is 12.1 Å². The van der Waals surface area contributed by atoms with E-state index >= 15 is 0 Å². The highest BCUT2D eigenvalue weighted by Crippen LogP contribution is 2.27. The Morgan fingerprint density at radius 2 is 2.30 bits per heavy atom. The van der Waals surface area contributed by atoms with E-state index in [1.54, 1.807) is 0 Å². The topological polar surface area (TPSA) is 52.6 Å². The molecule has 3 rings (SSSR count). The smallest absolute Gasteiger partial charge is 0.179 e. The molecule has 2 aliphatic heterocycles. The maximum Gasteiger partial charge on any atom is 0.179 e. The highest BCUT2D eigenvalue weighted by atomic mass is 16.3. The van der Waals surface area contributed by atoms with Crippen LogP contribution in [-0.4, -0.2) is 47.6 Å². The number of nitrogens with zero attached hydrogens (tertiary/aromatic N) is 1. The van der Waals surface area contributed by atoms with Crippen LogP contribution >= 0.6 is 0 Å². The van der Waals surface area contributed by atoms with Crippen LogP contribution in [-0.2, 0) is 6.42 Å². The largest absolute Gasteiger partial charge is 0.396 e. The fraction of sp³-hybridized carbons (Fsp3) is 0.632. The van der Waals surface area contributed by atoms with Crippen LogP contribution in [0.2, 0.25) is 0 Å². The standard InChI is InChI=1S/C19H28N2O2/c1-2-18(21-11-4-3-5-16(21)9-12-22)19(23)15-6-7-17-14(13-15)8-10-20-17/h6-7,13,16,18,20,22H,2-5,8-12H2,1H3. The molecule has 4 heteroatoms. The fourth-order valence-electron chi connectivity index (χ4n) is 4.11. The van der Waals surface area contributed by atoms with Crippen LogP contribution in [0.3, 0.4) is 0 Å². The number of hydrogen-bond donors (Lipinski definition) is 2. The van der Waals surface area contributed by atoms with Gasteiger partial charge in [-0.2, -0.15) is 0 Å². The SMILES string of the molecule is CCC(C(=O)c1ccc2c(c1)CCN2)N1CCCCC1CCO. The minimum Gasteiger partial charge on any atom is -0.396 e. The number of Topliss-reactive ketones (excluding diaryl/α,β-unsaturated/α-hetero) is 1. The van der Waals surface area contributed by atoms with Crippen molar-refractivity contribution in [3.63, 3.8) is 0 Å². The molecule has 0 spiro atoms. The zero-order valence-electron chi connectivity index (χ0n) is 14.1. The number of carbonyl (C=O) groups is 1. The van der Waals surface area contributed by atoms with Crippen molar-refractivity contribution in [2.24, 2.45) is 0 Å². The van der Waals surface area contributed by atoms with E-state index in [0.717, 1.165) is 50.8 Å². The number of anilines is 1. The van der Waals surface area contributed by atoms with Gasteiger partial charge in [-0.25, -0.2) is 0 Å². The number of carbonyl (C=O) groups excluding carboxylic acids is 1. The average Bonchev–Trinajstić information content (AvgIpc) is 3.04. The average molecular weight is 316 g/mol. The maximum atomic E-state index is 13.1. The second kappa shape index (κ2) is 7.45. The second-order valence-electron chi connectivity index (χ2n) is 6.74. The summed E-state index contributed by atoms with van der Waals surface area (Å²) in [5, 5.41) is 12.7. The number of piperidine rings is 1. The molecule has 1 aromatic carbocycles. The highest BCUT2D eigenvalue weighted by Gasteiger charge is 2.32.